The molecule has 2 aliphatic heterocycles. The van der Waals surface area contributed by atoms with Crippen LogP contribution in [0.1, 0.15) is 31.0 Å². The van der Waals surface area contributed by atoms with Crippen molar-refractivity contribution in [1.29, 1.82) is 0 Å². The zero-order chi connectivity index (χ0) is 20.5. The molecule has 0 radical (unpaired) electrons. The summed E-state index contributed by atoms with van der Waals surface area (Å²) in [5.74, 6) is -0.652. The molecule has 3 heterocycles. The zero-order valence-electron chi connectivity index (χ0n) is 16.6. The Morgan fingerprint density at radius 2 is 1.97 bits per heavy atom. The van der Waals surface area contributed by atoms with Crippen molar-refractivity contribution in [3.05, 3.63) is 36.5 Å². The molecule has 2 aromatic rings. The first-order chi connectivity index (χ1) is 14.0. The predicted molar refractivity (Wildman–Crippen MR) is 107 cm³/mol. The zero-order valence-corrected chi connectivity index (χ0v) is 16.6. The lowest BCUT2D eigenvalue weighted by atomic mass is 10.1. The maximum atomic E-state index is 13.3. The van der Waals surface area contributed by atoms with E-state index in [-0.39, 0.29) is 17.7 Å². The van der Waals surface area contributed by atoms with Gasteiger partial charge >= 0.3 is 0 Å². The highest BCUT2D eigenvalue weighted by atomic mass is 16.5. The van der Waals surface area contributed by atoms with E-state index in [9.17, 15) is 14.4 Å². The van der Waals surface area contributed by atoms with E-state index in [4.69, 9.17) is 4.74 Å². The quantitative estimate of drug-likeness (QED) is 0.805. The normalized spacial score (nSPS) is 25.5. The molecule has 1 aromatic heterocycles. The predicted octanol–water partition coefficient (Wildman–Crippen LogP) is 1.11. The van der Waals surface area contributed by atoms with Crippen molar-refractivity contribution in [2.24, 2.45) is 0 Å². The van der Waals surface area contributed by atoms with Gasteiger partial charge in [0.2, 0.25) is 11.8 Å². The van der Waals surface area contributed by atoms with Crippen LogP contribution in [0.5, 0.6) is 0 Å². The van der Waals surface area contributed by atoms with Gasteiger partial charge in [-0.1, -0.05) is 18.2 Å². The summed E-state index contributed by atoms with van der Waals surface area (Å²) in [5, 5.41) is 6.65. The van der Waals surface area contributed by atoms with Crippen LogP contribution < -0.4 is 10.6 Å². The Balaban J connectivity index is 1.58. The average Bonchev–Trinajstić information content (AvgIpc) is 3.32. The van der Waals surface area contributed by atoms with Crippen LogP contribution >= 0.6 is 0 Å². The molecule has 0 spiro atoms. The van der Waals surface area contributed by atoms with Crippen LogP contribution in [0.15, 0.2) is 36.5 Å². The summed E-state index contributed by atoms with van der Waals surface area (Å²) in [6.07, 6.45) is 2.85. The number of hydrogen-bond donors (Lipinski definition) is 2. The molecular weight excluding hydrogens is 372 g/mol. The second kappa shape index (κ2) is 7.96. The van der Waals surface area contributed by atoms with E-state index >= 15 is 0 Å². The van der Waals surface area contributed by atoms with Crippen molar-refractivity contribution in [3.8, 4) is 0 Å². The van der Waals surface area contributed by atoms with E-state index in [1.807, 2.05) is 30.3 Å². The molecule has 8 heteroatoms. The Morgan fingerprint density at radius 3 is 2.76 bits per heavy atom. The number of benzene rings is 1. The number of rotatable bonds is 4. The highest BCUT2D eigenvalue weighted by Gasteiger charge is 2.46. The van der Waals surface area contributed by atoms with E-state index in [1.165, 1.54) is 0 Å². The van der Waals surface area contributed by atoms with E-state index in [0.717, 1.165) is 10.9 Å². The maximum absolute atomic E-state index is 13.3. The number of fused-ring (bicyclic) bond motifs is 2. The number of nitrogens with one attached hydrogen (secondary N) is 2. The van der Waals surface area contributed by atoms with Crippen molar-refractivity contribution in [1.82, 2.24) is 20.1 Å². The molecule has 0 aliphatic carbocycles. The van der Waals surface area contributed by atoms with Gasteiger partial charge in [0.05, 0.1) is 18.2 Å². The maximum Gasteiger partial charge on any atom is 0.253 e. The van der Waals surface area contributed by atoms with Crippen LogP contribution in [0, 0.1) is 0 Å². The van der Waals surface area contributed by atoms with Gasteiger partial charge in [0, 0.05) is 18.0 Å². The molecule has 29 heavy (non-hydrogen) atoms. The molecule has 2 saturated heterocycles. The van der Waals surface area contributed by atoms with E-state index < -0.39 is 24.4 Å². The summed E-state index contributed by atoms with van der Waals surface area (Å²) in [6, 6.07) is 7.83. The standard InChI is InChI=1S/C21H26N4O4/c1-13(22-2)19(26)23-15-10-12-29-18-8-7-17(25(18)20(15)27)21(28)24-11-9-14-5-3-4-6-16(14)24/h3-6,9,11,13,15,17-18,22H,7-8,10,12H2,1-2H3,(H,23,26)/t13-,15?,17+,18-/m0/s1. The summed E-state index contributed by atoms with van der Waals surface area (Å²) in [4.78, 5) is 40.4. The van der Waals surface area contributed by atoms with Crippen LogP contribution in [-0.4, -0.2) is 65.2 Å². The largest absolute Gasteiger partial charge is 0.358 e. The minimum atomic E-state index is -0.696. The van der Waals surface area contributed by atoms with E-state index in [0.29, 0.717) is 25.9 Å². The van der Waals surface area contributed by atoms with Crippen molar-refractivity contribution < 1.29 is 19.1 Å². The van der Waals surface area contributed by atoms with Crippen molar-refractivity contribution >= 4 is 28.6 Å². The summed E-state index contributed by atoms with van der Waals surface area (Å²) in [7, 11) is 1.69. The molecule has 2 N–H and O–H groups in total. The lowest BCUT2D eigenvalue weighted by molar-refractivity contribution is -0.143. The second-order valence-electron chi connectivity index (χ2n) is 7.61. The summed E-state index contributed by atoms with van der Waals surface area (Å²) < 4.78 is 7.47. The Labute approximate surface area is 169 Å². The molecule has 4 rings (SSSR count). The van der Waals surface area contributed by atoms with Gasteiger partial charge in [-0.3, -0.25) is 19.0 Å². The molecule has 2 fully saturated rings. The van der Waals surface area contributed by atoms with Crippen LogP contribution in [-0.2, 0) is 14.3 Å². The third kappa shape index (κ3) is 3.54. The Hall–Kier alpha value is -2.71. The topological polar surface area (TPSA) is 92.7 Å². The first kappa shape index (κ1) is 19.6. The van der Waals surface area contributed by atoms with Crippen molar-refractivity contribution in [2.75, 3.05) is 13.7 Å². The SMILES string of the molecule is CN[C@@H](C)C(=O)NC1CCO[C@H]2CC[C@H](C(=O)n3ccc4ccccc43)N2C1=O. The Morgan fingerprint density at radius 1 is 1.17 bits per heavy atom. The molecule has 2 amide bonds. The molecular formula is C21H26N4O4. The van der Waals surface area contributed by atoms with Gasteiger partial charge in [-0.05, 0) is 38.9 Å². The van der Waals surface area contributed by atoms with Crippen LogP contribution in [0.4, 0.5) is 0 Å². The molecule has 8 nitrogen and oxygen atoms in total. The summed E-state index contributed by atoms with van der Waals surface area (Å²) >= 11 is 0. The summed E-state index contributed by atoms with van der Waals surface area (Å²) in [5.41, 5.74) is 0.817. The third-order valence-electron chi connectivity index (χ3n) is 5.87. The molecule has 1 aromatic carbocycles. The number of aromatic nitrogens is 1. The van der Waals surface area contributed by atoms with Gasteiger partial charge < -0.3 is 20.3 Å². The molecule has 154 valence electrons. The monoisotopic (exact) mass is 398 g/mol. The molecule has 1 unspecified atom stereocenters. The number of carbonyl (C=O) groups is 3. The average molecular weight is 398 g/mol. The van der Waals surface area contributed by atoms with Gasteiger partial charge in [0.15, 0.2) is 0 Å². The molecule has 2 aliphatic rings. The number of nitrogens with zero attached hydrogens (tertiary/aromatic N) is 2. The van der Waals surface area contributed by atoms with Gasteiger partial charge in [0.25, 0.3) is 5.91 Å². The fourth-order valence-electron chi connectivity index (χ4n) is 4.10. The molecule has 4 atom stereocenters. The number of para-hydroxylation sites is 1. The number of carbonyl (C=O) groups excluding carboxylic acids is 3. The smallest absolute Gasteiger partial charge is 0.253 e. The minimum Gasteiger partial charge on any atom is -0.358 e. The van der Waals surface area contributed by atoms with Gasteiger partial charge in [0.1, 0.15) is 18.3 Å². The number of hydrogen-bond acceptors (Lipinski definition) is 5. The summed E-state index contributed by atoms with van der Waals surface area (Å²) in [6.45, 7) is 2.09. The first-order valence-corrected chi connectivity index (χ1v) is 10.0. The Kier molecular flexibility index (Phi) is 5.38. The van der Waals surface area contributed by atoms with Crippen LogP contribution in [0.25, 0.3) is 10.9 Å². The van der Waals surface area contributed by atoms with E-state index in [2.05, 4.69) is 10.6 Å². The van der Waals surface area contributed by atoms with Crippen molar-refractivity contribution in [3.63, 3.8) is 0 Å². The van der Waals surface area contributed by atoms with E-state index in [1.54, 1.807) is 29.6 Å². The van der Waals surface area contributed by atoms with Gasteiger partial charge in [-0.2, -0.15) is 0 Å². The fourth-order valence-corrected chi connectivity index (χ4v) is 4.10. The minimum absolute atomic E-state index is 0.152. The highest BCUT2D eigenvalue weighted by Crippen LogP contribution is 2.30. The number of amides is 2. The van der Waals surface area contributed by atoms with Crippen molar-refractivity contribution in [2.45, 2.75) is 50.5 Å². The molecule has 0 saturated carbocycles. The second-order valence-corrected chi connectivity index (χ2v) is 7.61. The van der Waals surface area contributed by atoms with Gasteiger partial charge in [-0.25, -0.2) is 0 Å². The highest BCUT2D eigenvalue weighted by molar-refractivity contribution is 5.98. The van der Waals surface area contributed by atoms with Crippen LogP contribution in [0.2, 0.25) is 0 Å². The lowest BCUT2D eigenvalue weighted by Gasteiger charge is -2.30. The Bertz CT molecular complexity index is 940. The first-order valence-electron chi connectivity index (χ1n) is 10.0. The van der Waals surface area contributed by atoms with Gasteiger partial charge in [-0.15, -0.1) is 0 Å². The number of likely N-dealkylation sites (N-methyl/N-ethyl adjacent to an activating group) is 1. The lowest BCUT2D eigenvalue weighted by Crippen LogP contribution is -2.55. The third-order valence-corrected chi connectivity index (χ3v) is 5.87. The van der Waals surface area contributed by atoms with Crippen LogP contribution in [0.3, 0.4) is 0 Å². The number of ether oxygens (including phenoxy) is 1. The molecule has 0 bridgehead atoms. The fraction of sp³-hybridized carbons (Fsp3) is 0.476.